The van der Waals surface area contributed by atoms with Crippen molar-refractivity contribution in [1.29, 1.82) is 0 Å². The summed E-state index contributed by atoms with van der Waals surface area (Å²) in [6, 6.07) is 13.6. The van der Waals surface area contributed by atoms with Gasteiger partial charge in [0.2, 0.25) is 11.8 Å². The third kappa shape index (κ3) is 8.07. The van der Waals surface area contributed by atoms with Crippen LogP contribution in [0.15, 0.2) is 48.5 Å². The second-order valence-electron chi connectivity index (χ2n) is 11.3. The Labute approximate surface area is 221 Å². The van der Waals surface area contributed by atoms with Gasteiger partial charge in [0.15, 0.2) is 0 Å². The molecule has 1 aliphatic rings. The van der Waals surface area contributed by atoms with Gasteiger partial charge < -0.3 is 20.3 Å². The van der Waals surface area contributed by atoms with Gasteiger partial charge in [-0.2, -0.15) is 0 Å². The van der Waals surface area contributed by atoms with Gasteiger partial charge in [-0.05, 0) is 78.0 Å². The van der Waals surface area contributed by atoms with Crippen LogP contribution in [0.5, 0.6) is 0 Å². The number of carbonyl (C=O) groups excluding carboxylic acids is 3. The van der Waals surface area contributed by atoms with Gasteiger partial charge in [0.25, 0.3) is 0 Å². The number of hydrogen-bond donors (Lipinski definition) is 2. The average Bonchev–Trinajstić information content (AvgIpc) is 3.61. The third-order valence-electron chi connectivity index (χ3n) is 6.14. The van der Waals surface area contributed by atoms with Crippen molar-refractivity contribution in [2.24, 2.45) is 0 Å². The maximum atomic E-state index is 14.3. The van der Waals surface area contributed by atoms with E-state index in [0.717, 1.165) is 35.1 Å². The monoisotopic (exact) mass is 507 g/mol. The zero-order chi connectivity index (χ0) is 27.3. The summed E-state index contributed by atoms with van der Waals surface area (Å²) >= 11 is 0. The fourth-order valence-electron chi connectivity index (χ4n) is 4.46. The van der Waals surface area contributed by atoms with Gasteiger partial charge in [-0.25, -0.2) is 4.79 Å². The topological polar surface area (TPSA) is 87.7 Å². The van der Waals surface area contributed by atoms with E-state index >= 15 is 0 Å². The number of alkyl carbamates (subject to hydrolysis) is 1. The molecule has 3 amide bonds. The smallest absolute Gasteiger partial charge is 0.408 e. The SMILES string of the molecule is Cc1ccc(C(C(=O)NC(C)C)N(C(=O)C(Cc2ccccc2)NC(=O)OC(C)(C)C)C2CC2)c(C)c1. The Kier molecular flexibility index (Phi) is 9.00. The largest absolute Gasteiger partial charge is 0.444 e. The molecule has 2 aromatic carbocycles. The Morgan fingerprint density at radius 2 is 1.65 bits per heavy atom. The zero-order valence-corrected chi connectivity index (χ0v) is 23.1. The van der Waals surface area contributed by atoms with Crippen LogP contribution in [-0.4, -0.2) is 46.5 Å². The predicted octanol–water partition coefficient (Wildman–Crippen LogP) is 5.00. The molecular formula is C30H41N3O4. The van der Waals surface area contributed by atoms with E-state index in [1.807, 2.05) is 76.2 Å². The minimum absolute atomic E-state index is 0.0742. The van der Waals surface area contributed by atoms with Gasteiger partial charge in [-0.1, -0.05) is 54.1 Å². The molecule has 2 aromatic rings. The van der Waals surface area contributed by atoms with E-state index in [2.05, 4.69) is 10.6 Å². The molecule has 0 radical (unpaired) electrons. The second kappa shape index (κ2) is 11.8. The molecule has 200 valence electrons. The highest BCUT2D eigenvalue weighted by Gasteiger charge is 2.44. The molecule has 2 N–H and O–H groups in total. The summed E-state index contributed by atoms with van der Waals surface area (Å²) in [4.78, 5) is 42.4. The molecule has 0 heterocycles. The van der Waals surface area contributed by atoms with Gasteiger partial charge in [-0.3, -0.25) is 9.59 Å². The lowest BCUT2D eigenvalue weighted by Crippen LogP contribution is -2.55. The molecule has 1 fully saturated rings. The first-order valence-electron chi connectivity index (χ1n) is 13.1. The highest BCUT2D eigenvalue weighted by molar-refractivity contribution is 5.93. The molecule has 37 heavy (non-hydrogen) atoms. The first kappa shape index (κ1) is 28.2. The molecule has 0 bridgehead atoms. The number of nitrogens with one attached hydrogen (secondary N) is 2. The Morgan fingerprint density at radius 3 is 2.19 bits per heavy atom. The van der Waals surface area contributed by atoms with E-state index in [-0.39, 0.29) is 30.3 Å². The predicted molar refractivity (Wildman–Crippen MR) is 145 cm³/mol. The Bertz CT molecular complexity index is 1100. The van der Waals surface area contributed by atoms with E-state index in [1.165, 1.54) is 0 Å². The van der Waals surface area contributed by atoms with Crippen LogP contribution in [0.1, 0.15) is 75.8 Å². The first-order chi connectivity index (χ1) is 17.4. The van der Waals surface area contributed by atoms with Gasteiger partial charge in [0.1, 0.15) is 17.7 Å². The standard InChI is InChI=1S/C30H41N3O4/c1-19(2)31-27(34)26(24-16-13-20(3)17-21(24)4)33(23-14-15-23)28(35)25(18-22-11-9-8-10-12-22)32-29(36)37-30(5,6)7/h8-13,16-17,19,23,25-26H,14-15,18H2,1-7H3,(H,31,34)(H,32,36). The first-order valence-corrected chi connectivity index (χ1v) is 13.1. The van der Waals surface area contributed by atoms with Crippen LogP contribution in [0.2, 0.25) is 0 Å². The summed E-state index contributed by atoms with van der Waals surface area (Å²) in [6.45, 7) is 13.1. The summed E-state index contributed by atoms with van der Waals surface area (Å²) in [7, 11) is 0. The van der Waals surface area contributed by atoms with Crippen molar-refractivity contribution in [3.05, 3.63) is 70.8 Å². The van der Waals surface area contributed by atoms with Crippen LogP contribution < -0.4 is 10.6 Å². The fraction of sp³-hybridized carbons (Fsp3) is 0.500. The molecule has 1 saturated carbocycles. The van der Waals surface area contributed by atoms with Gasteiger partial charge in [-0.15, -0.1) is 0 Å². The number of benzene rings is 2. The second-order valence-corrected chi connectivity index (χ2v) is 11.3. The normalized spacial score (nSPS) is 15.0. The van der Waals surface area contributed by atoms with Crippen molar-refractivity contribution in [3.8, 4) is 0 Å². The zero-order valence-electron chi connectivity index (χ0n) is 23.1. The van der Waals surface area contributed by atoms with E-state index < -0.39 is 23.8 Å². The fourth-order valence-corrected chi connectivity index (χ4v) is 4.46. The molecule has 0 aromatic heterocycles. The Morgan fingerprint density at radius 1 is 1.00 bits per heavy atom. The lowest BCUT2D eigenvalue weighted by Gasteiger charge is -2.35. The average molecular weight is 508 g/mol. The van der Waals surface area contributed by atoms with E-state index in [4.69, 9.17) is 4.74 Å². The quantitative estimate of drug-likeness (QED) is 0.500. The summed E-state index contributed by atoms with van der Waals surface area (Å²) in [5, 5.41) is 5.83. The Balaban J connectivity index is 2.03. The number of rotatable bonds is 9. The van der Waals surface area contributed by atoms with Crippen LogP contribution in [-0.2, 0) is 20.7 Å². The van der Waals surface area contributed by atoms with Crippen molar-refractivity contribution in [2.45, 2.75) is 97.5 Å². The molecule has 0 aliphatic heterocycles. The molecule has 3 rings (SSSR count). The molecule has 7 nitrogen and oxygen atoms in total. The summed E-state index contributed by atoms with van der Waals surface area (Å²) in [6.07, 6.45) is 1.25. The summed E-state index contributed by atoms with van der Waals surface area (Å²) < 4.78 is 5.49. The van der Waals surface area contributed by atoms with E-state index in [1.54, 1.807) is 25.7 Å². The van der Waals surface area contributed by atoms with E-state index in [9.17, 15) is 14.4 Å². The van der Waals surface area contributed by atoms with Crippen LogP contribution in [0.4, 0.5) is 4.79 Å². The maximum absolute atomic E-state index is 14.3. The van der Waals surface area contributed by atoms with Gasteiger partial charge >= 0.3 is 6.09 Å². The van der Waals surface area contributed by atoms with Crippen molar-refractivity contribution in [1.82, 2.24) is 15.5 Å². The highest BCUT2D eigenvalue weighted by atomic mass is 16.6. The summed E-state index contributed by atoms with van der Waals surface area (Å²) in [5.74, 6) is -0.515. The molecule has 0 saturated heterocycles. The third-order valence-corrected chi connectivity index (χ3v) is 6.14. The Hall–Kier alpha value is -3.35. The molecule has 1 aliphatic carbocycles. The van der Waals surface area contributed by atoms with Crippen LogP contribution >= 0.6 is 0 Å². The molecule has 2 unspecified atom stereocenters. The number of aryl methyl sites for hydroxylation is 2. The van der Waals surface area contributed by atoms with Crippen LogP contribution in [0.3, 0.4) is 0 Å². The van der Waals surface area contributed by atoms with Crippen molar-refractivity contribution in [3.63, 3.8) is 0 Å². The van der Waals surface area contributed by atoms with Gasteiger partial charge in [0.05, 0.1) is 0 Å². The number of ether oxygens (including phenoxy) is 1. The number of nitrogens with zero attached hydrogens (tertiary/aromatic N) is 1. The minimum Gasteiger partial charge on any atom is -0.444 e. The van der Waals surface area contributed by atoms with Crippen LogP contribution in [0, 0.1) is 13.8 Å². The van der Waals surface area contributed by atoms with Gasteiger partial charge in [0, 0.05) is 18.5 Å². The van der Waals surface area contributed by atoms with Crippen LogP contribution in [0.25, 0.3) is 0 Å². The number of amides is 3. The molecular weight excluding hydrogens is 466 g/mol. The molecule has 7 heteroatoms. The number of carbonyl (C=O) groups is 3. The maximum Gasteiger partial charge on any atom is 0.408 e. The van der Waals surface area contributed by atoms with E-state index in [0.29, 0.717) is 0 Å². The lowest BCUT2D eigenvalue weighted by atomic mass is 9.95. The highest BCUT2D eigenvalue weighted by Crippen LogP contribution is 2.37. The minimum atomic E-state index is -0.891. The van der Waals surface area contributed by atoms with Crippen molar-refractivity contribution < 1.29 is 19.1 Å². The van der Waals surface area contributed by atoms with Crippen molar-refractivity contribution in [2.75, 3.05) is 0 Å². The molecule has 2 atom stereocenters. The lowest BCUT2D eigenvalue weighted by molar-refractivity contribution is -0.143. The van der Waals surface area contributed by atoms with Crippen molar-refractivity contribution >= 4 is 17.9 Å². The number of hydrogen-bond acceptors (Lipinski definition) is 4. The summed E-state index contributed by atoms with van der Waals surface area (Å²) in [5.41, 5.74) is 3.02. The molecule has 0 spiro atoms.